The van der Waals surface area contributed by atoms with Crippen LogP contribution in [0.15, 0.2) is 41.0 Å². The zero-order chi connectivity index (χ0) is 15.2. The zero-order valence-electron chi connectivity index (χ0n) is 11.2. The van der Waals surface area contributed by atoms with E-state index >= 15 is 0 Å². The molecule has 0 fully saturated rings. The van der Waals surface area contributed by atoms with Gasteiger partial charge < -0.3 is 9.15 Å². The Bertz CT molecular complexity index is 640. The molecule has 0 atom stereocenters. The number of nitrogens with one attached hydrogen (secondary N) is 2. The summed E-state index contributed by atoms with van der Waals surface area (Å²) in [6.45, 7) is 1.61. The topological polar surface area (TPSA) is 80.6 Å². The van der Waals surface area contributed by atoms with Crippen LogP contribution in [0.3, 0.4) is 0 Å². The van der Waals surface area contributed by atoms with Crippen LogP contribution < -0.4 is 15.6 Å². The van der Waals surface area contributed by atoms with E-state index in [4.69, 9.17) is 20.8 Å². The molecule has 0 unspecified atom stereocenters. The summed E-state index contributed by atoms with van der Waals surface area (Å²) in [7, 11) is 0. The molecular formula is C14H13ClN2O4. The highest BCUT2D eigenvalue weighted by Gasteiger charge is 2.10. The number of carbonyl (C=O) groups is 2. The van der Waals surface area contributed by atoms with Crippen molar-refractivity contribution < 1.29 is 18.7 Å². The summed E-state index contributed by atoms with van der Waals surface area (Å²) in [4.78, 5) is 23.1. The van der Waals surface area contributed by atoms with Crippen LogP contribution in [0, 0.1) is 6.92 Å². The second-order valence-electron chi connectivity index (χ2n) is 4.20. The van der Waals surface area contributed by atoms with Gasteiger partial charge in [-0.25, -0.2) is 0 Å². The molecule has 0 saturated heterocycles. The van der Waals surface area contributed by atoms with Crippen molar-refractivity contribution in [1.82, 2.24) is 10.9 Å². The molecule has 1 aromatic heterocycles. The summed E-state index contributed by atoms with van der Waals surface area (Å²) in [6.07, 6.45) is 1.36. The fraction of sp³-hybridized carbons (Fsp3) is 0.143. The molecule has 0 bridgehead atoms. The van der Waals surface area contributed by atoms with Gasteiger partial charge >= 0.3 is 5.91 Å². The minimum atomic E-state index is -0.554. The fourth-order valence-corrected chi connectivity index (χ4v) is 1.67. The van der Waals surface area contributed by atoms with Crippen molar-refractivity contribution in [2.45, 2.75) is 6.92 Å². The maximum absolute atomic E-state index is 11.6. The Labute approximate surface area is 126 Å². The van der Waals surface area contributed by atoms with E-state index in [9.17, 15) is 9.59 Å². The second-order valence-corrected chi connectivity index (χ2v) is 4.61. The van der Waals surface area contributed by atoms with Crippen LogP contribution in [0.4, 0.5) is 0 Å². The Morgan fingerprint density at radius 1 is 1.29 bits per heavy atom. The molecular weight excluding hydrogens is 296 g/mol. The van der Waals surface area contributed by atoms with Gasteiger partial charge in [0.15, 0.2) is 12.4 Å². The van der Waals surface area contributed by atoms with Gasteiger partial charge in [0.1, 0.15) is 5.75 Å². The number of carbonyl (C=O) groups excluding carboxylic acids is 2. The molecule has 21 heavy (non-hydrogen) atoms. The molecule has 6 nitrogen and oxygen atoms in total. The van der Waals surface area contributed by atoms with E-state index < -0.39 is 11.8 Å². The van der Waals surface area contributed by atoms with E-state index in [0.717, 1.165) is 5.56 Å². The third-order valence-electron chi connectivity index (χ3n) is 2.51. The van der Waals surface area contributed by atoms with E-state index in [2.05, 4.69) is 10.9 Å². The number of rotatable bonds is 4. The average molecular weight is 309 g/mol. The number of furan rings is 1. The molecule has 0 saturated carbocycles. The van der Waals surface area contributed by atoms with Crippen molar-refractivity contribution in [3.8, 4) is 5.75 Å². The first-order valence-electron chi connectivity index (χ1n) is 6.08. The zero-order valence-corrected chi connectivity index (χ0v) is 11.9. The van der Waals surface area contributed by atoms with Crippen LogP contribution in [0.25, 0.3) is 0 Å². The van der Waals surface area contributed by atoms with Crippen molar-refractivity contribution in [2.75, 3.05) is 6.61 Å². The lowest BCUT2D eigenvalue weighted by atomic mass is 10.2. The van der Waals surface area contributed by atoms with Gasteiger partial charge in [-0.05, 0) is 36.8 Å². The van der Waals surface area contributed by atoms with Gasteiger partial charge in [-0.15, -0.1) is 0 Å². The first-order valence-corrected chi connectivity index (χ1v) is 6.45. The van der Waals surface area contributed by atoms with Crippen molar-refractivity contribution >= 4 is 23.4 Å². The van der Waals surface area contributed by atoms with Crippen LogP contribution in [0.5, 0.6) is 5.75 Å². The van der Waals surface area contributed by atoms with E-state index in [1.165, 1.54) is 12.3 Å². The molecule has 2 N–H and O–H groups in total. The van der Waals surface area contributed by atoms with Gasteiger partial charge in [0.25, 0.3) is 5.91 Å². The quantitative estimate of drug-likeness (QED) is 0.847. The van der Waals surface area contributed by atoms with E-state index in [-0.39, 0.29) is 12.4 Å². The Balaban J connectivity index is 1.80. The molecule has 0 aliphatic rings. The van der Waals surface area contributed by atoms with Crippen LogP contribution in [-0.4, -0.2) is 18.4 Å². The van der Waals surface area contributed by atoms with Gasteiger partial charge in [-0.3, -0.25) is 20.4 Å². The van der Waals surface area contributed by atoms with Gasteiger partial charge in [0.2, 0.25) is 0 Å². The molecule has 110 valence electrons. The van der Waals surface area contributed by atoms with Crippen molar-refractivity contribution in [3.05, 3.63) is 52.9 Å². The van der Waals surface area contributed by atoms with E-state index in [1.54, 1.807) is 18.2 Å². The van der Waals surface area contributed by atoms with E-state index in [1.807, 2.05) is 13.0 Å². The molecule has 2 aromatic rings. The van der Waals surface area contributed by atoms with E-state index in [0.29, 0.717) is 10.8 Å². The van der Waals surface area contributed by atoms with Crippen molar-refractivity contribution in [1.29, 1.82) is 0 Å². The van der Waals surface area contributed by atoms with Gasteiger partial charge in [0, 0.05) is 0 Å². The standard InChI is InChI=1S/C14H13ClN2O4/c1-9-4-5-10(15)12(7-9)21-8-13(18)16-17-14(19)11-3-2-6-20-11/h2-7H,8H2,1H3,(H,16,18)(H,17,19). The first-order chi connectivity index (χ1) is 10.1. The van der Waals surface area contributed by atoms with Gasteiger partial charge in [-0.1, -0.05) is 17.7 Å². The number of hydrogen-bond donors (Lipinski definition) is 2. The number of amides is 2. The largest absolute Gasteiger partial charge is 0.482 e. The molecule has 0 spiro atoms. The third-order valence-corrected chi connectivity index (χ3v) is 2.82. The Morgan fingerprint density at radius 2 is 2.10 bits per heavy atom. The maximum atomic E-state index is 11.6. The summed E-state index contributed by atoms with van der Waals surface area (Å²) in [5, 5.41) is 0.410. The highest BCUT2D eigenvalue weighted by atomic mass is 35.5. The minimum absolute atomic E-state index is 0.0953. The number of hydrogen-bond acceptors (Lipinski definition) is 4. The van der Waals surface area contributed by atoms with Crippen LogP contribution >= 0.6 is 11.6 Å². The third kappa shape index (κ3) is 4.25. The Kier molecular flexibility index (Phi) is 4.84. The summed E-state index contributed by atoms with van der Waals surface area (Å²) >= 11 is 5.94. The lowest BCUT2D eigenvalue weighted by Crippen LogP contribution is -2.43. The first kappa shape index (κ1) is 14.9. The summed E-state index contributed by atoms with van der Waals surface area (Å²) in [5.74, 6) is -0.573. The van der Waals surface area contributed by atoms with Gasteiger partial charge in [0.05, 0.1) is 11.3 Å². The highest BCUT2D eigenvalue weighted by molar-refractivity contribution is 6.32. The van der Waals surface area contributed by atoms with Crippen molar-refractivity contribution in [2.24, 2.45) is 0 Å². The van der Waals surface area contributed by atoms with Crippen molar-refractivity contribution in [3.63, 3.8) is 0 Å². The number of ether oxygens (including phenoxy) is 1. The monoisotopic (exact) mass is 308 g/mol. The minimum Gasteiger partial charge on any atom is -0.482 e. The van der Waals surface area contributed by atoms with Gasteiger partial charge in [-0.2, -0.15) is 0 Å². The molecule has 1 aromatic carbocycles. The second kappa shape index (κ2) is 6.81. The highest BCUT2D eigenvalue weighted by Crippen LogP contribution is 2.24. The number of benzene rings is 1. The predicted octanol–water partition coefficient (Wildman–Crippen LogP) is 2.08. The molecule has 2 rings (SSSR count). The fourth-order valence-electron chi connectivity index (χ4n) is 1.50. The molecule has 1 heterocycles. The molecule has 0 aliphatic heterocycles. The lowest BCUT2D eigenvalue weighted by molar-refractivity contribution is -0.123. The number of aryl methyl sites for hydroxylation is 1. The molecule has 7 heteroatoms. The molecule has 0 aliphatic carbocycles. The number of hydrazine groups is 1. The summed E-state index contributed by atoms with van der Waals surface area (Å²) in [5.41, 5.74) is 5.37. The normalized spacial score (nSPS) is 10.0. The lowest BCUT2D eigenvalue weighted by Gasteiger charge is -2.09. The SMILES string of the molecule is Cc1ccc(Cl)c(OCC(=O)NNC(=O)c2ccco2)c1. The average Bonchev–Trinajstić information content (AvgIpc) is 3.00. The Morgan fingerprint density at radius 3 is 2.81 bits per heavy atom. The summed E-state index contributed by atoms with van der Waals surface area (Å²) in [6, 6.07) is 8.28. The van der Waals surface area contributed by atoms with Crippen LogP contribution in [0.1, 0.15) is 16.1 Å². The summed E-state index contributed by atoms with van der Waals surface area (Å²) < 4.78 is 10.2. The number of halogens is 1. The maximum Gasteiger partial charge on any atom is 0.305 e. The van der Waals surface area contributed by atoms with Crippen LogP contribution in [-0.2, 0) is 4.79 Å². The molecule has 0 radical (unpaired) electrons. The predicted molar refractivity (Wildman–Crippen MR) is 76.0 cm³/mol. The molecule has 2 amide bonds. The van der Waals surface area contributed by atoms with Crippen LogP contribution in [0.2, 0.25) is 5.02 Å². The Hall–Kier alpha value is -2.47. The smallest absolute Gasteiger partial charge is 0.305 e.